The highest BCUT2D eigenvalue weighted by atomic mass is 19.1. The smallest absolute Gasteiger partial charge is 0.326 e. The molecule has 1 fully saturated rings. The Kier molecular flexibility index (Phi) is 6.19. The summed E-state index contributed by atoms with van der Waals surface area (Å²) < 4.78 is 16.4. The van der Waals surface area contributed by atoms with Crippen LogP contribution in [0.2, 0.25) is 0 Å². The number of nitrogens with two attached hydrogens (primary N) is 1. The first-order valence-corrected chi connectivity index (χ1v) is 11.5. The first kappa shape index (κ1) is 23.8. The molecule has 1 atom stereocenters. The summed E-state index contributed by atoms with van der Waals surface area (Å²) in [4.78, 5) is 26.4. The topological polar surface area (TPSA) is 160 Å². The van der Waals surface area contributed by atoms with Gasteiger partial charge in [-0.2, -0.15) is 5.26 Å². The Labute approximate surface area is 211 Å². The third-order valence-electron chi connectivity index (χ3n) is 6.30. The van der Waals surface area contributed by atoms with Gasteiger partial charge in [0.25, 0.3) is 0 Å². The Morgan fingerprint density at radius 1 is 1.24 bits per heavy atom. The van der Waals surface area contributed by atoms with E-state index < -0.39 is 17.8 Å². The van der Waals surface area contributed by atoms with Gasteiger partial charge in [-0.05, 0) is 43.5 Å². The number of carboxylic acid groups (broad SMARTS) is 1. The highest BCUT2D eigenvalue weighted by molar-refractivity contribution is 5.78. The zero-order valence-corrected chi connectivity index (χ0v) is 19.8. The van der Waals surface area contributed by atoms with E-state index in [-0.39, 0.29) is 29.6 Å². The third kappa shape index (κ3) is 4.54. The number of carboxylic acids is 1. The normalized spacial score (nSPS) is 15.1. The van der Waals surface area contributed by atoms with E-state index in [0.717, 1.165) is 6.42 Å². The molecular formula is C25H22FN9O2. The van der Waals surface area contributed by atoms with Crippen molar-refractivity contribution in [2.75, 3.05) is 17.2 Å². The molecule has 1 aliphatic rings. The number of nitrogens with zero attached hydrogens (tertiary/aromatic N) is 8. The van der Waals surface area contributed by atoms with E-state index >= 15 is 0 Å². The monoisotopic (exact) mass is 499 g/mol. The number of carbonyl (C=O) groups is 1. The van der Waals surface area contributed by atoms with E-state index in [9.17, 15) is 19.6 Å². The molecule has 37 heavy (non-hydrogen) atoms. The Balaban J connectivity index is 1.43. The van der Waals surface area contributed by atoms with Crippen LogP contribution in [0.1, 0.15) is 29.7 Å². The molecule has 4 aromatic rings. The molecule has 3 N–H and O–H groups in total. The molecule has 3 aromatic heterocycles. The lowest BCUT2D eigenvalue weighted by molar-refractivity contribution is -0.138. The van der Waals surface area contributed by atoms with Gasteiger partial charge in [0.1, 0.15) is 23.2 Å². The van der Waals surface area contributed by atoms with E-state index in [4.69, 9.17) is 5.73 Å². The van der Waals surface area contributed by atoms with Crippen LogP contribution in [0.3, 0.4) is 0 Å². The zero-order valence-electron chi connectivity index (χ0n) is 19.8. The molecule has 11 nitrogen and oxygen atoms in total. The molecule has 1 aliphatic heterocycles. The molecule has 5 rings (SSSR count). The number of anilines is 2. The van der Waals surface area contributed by atoms with Crippen LogP contribution in [-0.2, 0) is 11.3 Å². The fourth-order valence-corrected chi connectivity index (χ4v) is 4.42. The fraction of sp³-hybridized carbons (Fsp3) is 0.240. The molecule has 0 amide bonds. The average Bonchev–Trinajstić information content (AvgIpc) is 3.56. The molecule has 186 valence electrons. The van der Waals surface area contributed by atoms with Gasteiger partial charge in [0.2, 0.25) is 0 Å². The third-order valence-corrected chi connectivity index (χ3v) is 6.30. The second kappa shape index (κ2) is 9.62. The van der Waals surface area contributed by atoms with E-state index in [2.05, 4.69) is 31.3 Å². The van der Waals surface area contributed by atoms with Crippen LogP contribution >= 0.6 is 0 Å². The minimum atomic E-state index is -0.870. The van der Waals surface area contributed by atoms with E-state index in [0.29, 0.717) is 41.2 Å². The van der Waals surface area contributed by atoms with Gasteiger partial charge in [0, 0.05) is 12.1 Å². The molecule has 0 radical (unpaired) electrons. The van der Waals surface area contributed by atoms with Crippen LogP contribution < -0.4 is 10.6 Å². The molecule has 12 heteroatoms. The van der Waals surface area contributed by atoms with Crippen LogP contribution in [-0.4, -0.2) is 53.6 Å². The Bertz CT molecular complexity index is 1550. The number of benzene rings is 1. The summed E-state index contributed by atoms with van der Waals surface area (Å²) in [6.45, 7) is 2.61. The van der Waals surface area contributed by atoms with Crippen LogP contribution in [0, 0.1) is 24.1 Å². The Morgan fingerprint density at radius 3 is 2.84 bits per heavy atom. The molecule has 0 aliphatic carbocycles. The molecule has 1 saturated heterocycles. The van der Waals surface area contributed by atoms with Crippen molar-refractivity contribution in [3.05, 3.63) is 65.2 Å². The maximum absolute atomic E-state index is 14.9. The lowest BCUT2D eigenvalue weighted by Crippen LogP contribution is -2.36. The Morgan fingerprint density at radius 2 is 2.05 bits per heavy atom. The average molecular weight is 500 g/mol. The highest BCUT2D eigenvalue weighted by Gasteiger charge is 2.31. The standard InChI is InChI=1S/C25H22FN9O2/c1-14-15(11-27)5-2-7-17(14)24-30-22(21(26)23(28)31-24)18-13-34(33-32-18)12-16-6-3-9-20(29-16)35-10-4-8-19(35)25(36)37/h2-3,5-7,9,13,19H,4,8,10,12H2,1H3,(H,36,37)(H2,28,30,31). The number of aromatic nitrogens is 6. The van der Waals surface area contributed by atoms with Crippen molar-refractivity contribution in [1.82, 2.24) is 29.9 Å². The van der Waals surface area contributed by atoms with Gasteiger partial charge >= 0.3 is 5.97 Å². The molecule has 1 unspecified atom stereocenters. The molecule has 4 heterocycles. The summed E-state index contributed by atoms with van der Waals surface area (Å²) in [7, 11) is 0. The van der Waals surface area contributed by atoms with Crippen molar-refractivity contribution >= 4 is 17.6 Å². The highest BCUT2D eigenvalue weighted by Crippen LogP contribution is 2.29. The summed E-state index contributed by atoms with van der Waals surface area (Å²) in [5.74, 6) is -1.28. The van der Waals surface area contributed by atoms with Gasteiger partial charge in [-0.1, -0.05) is 23.4 Å². The number of hydrogen-bond acceptors (Lipinski definition) is 9. The van der Waals surface area contributed by atoms with Gasteiger partial charge in [-0.3, -0.25) is 0 Å². The van der Waals surface area contributed by atoms with Crippen molar-refractivity contribution in [2.24, 2.45) is 0 Å². The lowest BCUT2D eigenvalue weighted by Gasteiger charge is -2.22. The van der Waals surface area contributed by atoms with Crippen LogP contribution in [0.25, 0.3) is 22.8 Å². The van der Waals surface area contributed by atoms with Gasteiger partial charge in [-0.15, -0.1) is 5.10 Å². The molecule has 1 aromatic carbocycles. The fourth-order valence-electron chi connectivity index (χ4n) is 4.42. The van der Waals surface area contributed by atoms with E-state index in [1.165, 1.54) is 10.9 Å². The van der Waals surface area contributed by atoms with Crippen LogP contribution in [0.15, 0.2) is 42.6 Å². The van der Waals surface area contributed by atoms with Crippen molar-refractivity contribution in [1.29, 1.82) is 5.26 Å². The summed E-state index contributed by atoms with van der Waals surface area (Å²) in [5.41, 5.74) is 8.20. The largest absolute Gasteiger partial charge is 0.480 e. The van der Waals surface area contributed by atoms with Crippen molar-refractivity contribution < 1.29 is 14.3 Å². The van der Waals surface area contributed by atoms with Crippen LogP contribution in [0.4, 0.5) is 16.0 Å². The summed E-state index contributed by atoms with van der Waals surface area (Å²) in [6.07, 6.45) is 2.88. The van der Waals surface area contributed by atoms with Crippen molar-refractivity contribution in [3.63, 3.8) is 0 Å². The van der Waals surface area contributed by atoms with Gasteiger partial charge in [0.15, 0.2) is 17.5 Å². The number of pyridine rings is 1. The van der Waals surface area contributed by atoms with E-state index in [1.54, 1.807) is 42.2 Å². The zero-order chi connectivity index (χ0) is 26.1. The maximum Gasteiger partial charge on any atom is 0.326 e. The van der Waals surface area contributed by atoms with Crippen molar-refractivity contribution in [2.45, 2.75) is 32.4 Å². The second-order valence-corrected chi connectivity index (χ2v) is 8.66. The van der Waals surface area contributed by atoms with Gasteiger partial charge in [-0.25, -0.2) is 28.8 Å². The van der Waals surface area contributed by atoms with Gasteiger partial charge < -0.3 is 15.7 Å². The quantitative estimate of drug-likeness (QED) is 0.404. The first-order valence-electron chi connectivity index (χ1n) is 11.5. The summed E-state index contributed by atoms with van der Waals surface area (Å²) in [6, 6.07) is 12.0. The van der Waals surface area contributed by atoms with Crippen LogP contribution in [0.5, 0.6) is 0 Å². The molecular weight excluding hydrogens is 477 g/mol. The molecule has 0 saturated carbocycles. The number of halogens is 1. The number of hydrogen-bond donors (Lipinski definition) is 2. The minimum absolute atomic E-state index is 0.112. The predicted molar refractivity (Wildman–Crippen MR) is 132 cm³/mol. The first-order chi connectivity index (χ1) is 17.9. The van der Waals surface area contributed by atoms with E-state index in [1.807, 2.05) is 6.07 Å². The number of rotatable bonds is 6. The maximum atomic E-state index is 14.9. The minimum Gasteiger partial charge on any atom is -0.480 e. The predicted octanol–water partition coefficient (Wildman–Crippen LogP) is 2.80. The number of nitrogen functional groups attached to an aromatic ring is 1. The number of aliphatic carboxylic acids is 1. The summed E-state index contributed by atoms with van der Waals surface area (Å²) in [5, 5.41) is 27.0. The number of nitriles is 1. The molecule has 0 bridgehead atoms. The Hall–Kier alpha value is -4.92. The second-order valence-electron chi connectivity index (χ2n) is 8.66. The van der Waals surface area contributed by atoms with Gasteiger partial charge in [0.05, 0.1) is 30.1 Å². The SMILES string of the molecule is Cc1c(C#N)cccc1-c1nc(N)c(F)c(-c2cn(Cc3cccc(N4CCCC4C(=O)O)n3)nn2)n1. The lowest BCUT2D eigenvalue weighted by atomic mass is 10.0. The summed E-state index contributed by atoms with van der Waals surface area (Å²) >= 11 is 0. The van der Waals surface area contributed by atoms with Crippen molar-refractivity contribution in [3.8, 4) is 28.8 Å². The molecule has 0 spiro atoms.